The van der Waals surface area contributed by atoms with Crippen molar-refractivity contribution in [2.45, 2.75) is 65.7 Å². The molecule has 0 rings (SSSR count). The van der Waals surface area contributed by atoms with Gasteiger partial charge in [-0.1, -0.05) is 52.9 Å². The van der Waals surface area contributed by atoms with Gasteiger partial charge < -0.3 is 0 Å². The van der Waals surface area contributed by atoms with Gasteiger partial charge in [-0.3, -0.25) is 10.0 Å². The standard InChI is InChI=1S/C15H32N2O4S/c1-4-5-6-7-8-9-12-22(20,21)17(11-10-14(2)3)13-15(18)16-19/h14,19H,4-13H2,1-3H3,(H,16,18). The number of nitrogens with zero attached hydrogens (tertiary/aromatic N) is 1. The van der Waals surface area contributed by atoms with E-state index in [9.17, 15) is 13.2 Å². The molecule has 0 heterocycles. The van der Waals surface area contributed by atoms with E-state index in [1.807, 2.05) is 13.8 Å². The zero-order valence-corrected chi connectivity index (χ0v) is 15.0. The van der Waals surface area contributed by atoms with Gasteiger partial charge in [-0.05, 0) is 18.8 Å². The molecule has 0 aliphatic rings. The average molecular weight is 336 g/mol. The molecule has 0 saturated carbocycles. The van der Waals surface area contributed by atoms with Crippen molar-refractivity contribution >= 4 is 15.9 Å². The lowest BCUT2D eigenvalue weighted by atomic mass is 10.1. The monoisotopic (exact) mass is 336 g/mol. The molecule has 0 aromatic carbocycles. The van der Waals surface area contributed by atoms with Crippen LogP contribution in [0.2, 0.25) is 0 Å². The van der Waals surface area contributed by atoms with E-state index in [1.54, 1.807) is 0 Å². The first-order chi connectivity index (χ1) is 10.3. The maximum absolute atomic E-state index is 12.3. The largest absolute Gasteiger partial charge is 0.289 e. The van der Waals surface area contributed by atoms with E-state index >= 15 is 0 Å². The molecule has 0 unspecified atom stereocenters. The summed E-state index contributed by atoms with van der Waals surface area (Å²) in [6.07, 6.45) is 6.73. The van der Waals surface area contributed by atoms with Crippen LogP contribution in [0.3, 0.4) is 0 Å². The number of sulfonamides is 1. The smallest absolute Gasteiger partial charge is 0.258 e. The number of amides is 1. The van der Waals surface area contributed by atoms with Crippen molar-refractivity contribution < 1.29 is 18.4 Å². The van der Waals surface area contributed by atoms with Gasteiger partial charge in [0, 0.05) is 6.54 Å². The van der Waals surface area contributed by atoms with Crippen LogP contribution in [0.1, 0.15) is 65.7 Å². The van der Waals surface area contributed by atoms with Gasteiger partial charge in [0.25, 0.3) is 5.91 Å². The van der Waals surface area contributed by atoms with Gasteiger partial charge in [-0.15, -0.1) is 0 Å². The molecule has 0 fully saturated rings. The van der Waals surface area contributed by atoms with E-state index < -0.39 is 15.9 Å². The molecule has 1 amide bonds. The van der Waals surface area contributed by atoms with E-state index in [1.165, 1.54) is 16.2 Å². The van der Waals surface area contributed by atoms with Gasteiger partial charge in [-0.2, -0.15) is 4.31 Å². The van der Waals surface area contributed by atoms with Crippen LogP contribution in [-0.4, -0.2) is 42.7 Å². The number of carbonyl (C=O) groups excluding carboxylic acids is 1. The summed E-state index contributed by atoms with van der Waals surface area (Å²) >= 11 is 0. The van der Waals surface area contributed by atoms with Gasteiger partial charge in [0.2, 0.25) is 10.0 Å². The number of hydrogen-bond acceptors (Lipinski definition) is 4. The Morgan fingerprint density at radius 2 is 1.73 bits per heavy atom. The maximum atomic E-state index is 12.3. The summed E-state index contributed by atoms with van der Waals surface area (Å²) in [6, 6.07) is 0. The van der Waals surface area contributed by atoms with Crippen LogP contribution >= 0.6 is 0 Å². The highest BCUT2D eigenvalue weighted by molar-refractivity contribution is 7.89. The molecular formula is C15H32N2O4S. The van der Waals surface area contributed by atoms with Crippen molar-refractivity contribution in [2.24, 2.45) is 5.92 Å². The van der Waals surface area contributed by atoms with Gasteiger partial charge in [0.15, 0.2) is 0 Å². The molecule has 0 radical (unpaired) electrons. The van der Waals surface area contributed by atoms with Crippen LogP contribution in [0.5, 0.6) is 0 Å². The lowest BCUT2D eigenvalue weighted by Gasteiger charge is -2.22. The molecule has 0 aromatic rings. The van der Waals surface area contributed by atoms with Crippen molar-refractivity contribution in [1.29, 1.82) is 0 Å². The summed E-state index contributed by atoms with van der Waals surface area (Å²) in [7, 11) is -3.45. The fraction of sp³-hybridized carbons (Fsp3) is 0.933. The van der Waals surface area contributed by atoms with Crippen LogP contribution in [0.15, 0.2) is 0 Å². The van der Waals surface area contributed by atoms with Crippen LogP contribution < -0.4 is 5.48 Å². The molecule has 0 spiro atoms. The molecular weight excluding hydrogens is 304 g/mol. The highest BCUT2D eigenvalue weighted by Crippen LogP contribution is 2.11. The zero-order valence-electron chi connectivity index (χ0n) is 14.2. The highest BCUT2D eigenvalue weighted by atomic mass is 32.2. The Morgan fingerprint density at radius 1 is 1.14 bits per heavy atom. The molecule has 6 nitrogen and oxygen atoms in total. The van der Waals surface area contributed by atoms with E-state index in [2.05, 4.69) is 6.92 Å². The fourth-order valence-corrected chi connectivity index (χ4v) is 3.63. The second kappa shape index (κ2) is 11.8. The summed E-state index contributed by atoms with van der Waals surface area (Å²) in [6.45, 7) is 6.14. The molecule has 0 aromatic heterocycles. The van der Waals surface area contributed by atoms with Crippen LogP contribution in [-0.2, 0) is 14.8 Å². The second-order valence-electron chi connectivity index (χ2n) is 6.13. The van der Waals surface area contributed by atoms with Gasteiger partial charge in [0.05, 0.1) is 12.3 Å². The normalized spacial score (nSPS) is 12.1. The molecule has 132 valence electrons. The summed E-state index contributed by atoms with van der Waals surface area (Å²) in [4.78, 5) is 11.3. The Morgan fingerprint density at radius 3 is 2.27 bits per heavy atom. The maximum Gasteiger partial charge on any atom is 0.258 e. The van der Waals surface area contributed by atoms with Crippen LogP contribution in [0.4, 0.5) is 0 Å². The summed E-state index contributed by atoms with van der Waals surface area (Å²) < 4.78 is 25.9. The zero-order chi connectivity index (χ0) is 17.0. The SMILES string of the molecule is CCCCCCCCS(=O)(=O)N(CCC(C)C)CC(=O)NO. The predicted octanol–water partition coefficient (Wildman–Crippen LogP) is 2.53. The van der Waals surface area contributed by atoms with Crippen LogP contribution in [0.25, 0.3) is 0 Å². The van der Waals surface area contributed by atoms with E-state index in [0.29, 0.717) is 25.3 Å². The van der Waals surface area contributed by atoms with Gasteiger partial charge in [0.1, 0.15) is 0 Å². The lowest BCUT2D eigenvalue weighted by molar-refractivity contribution is -0.129. The molecule has 22 heavy (non-hydrogen) atoms. The van der Waals surface area contributed by atoms with E-state index in [4.69, 9.17) is 5.21 Å². The molecule has 2 N–H and O–H groups in total. The van der Waals surface area contributed by atoms with Crippen LogP contribution in [0, 0.1) is 5.92 Å². The third-order valence-corrected chi connectivity index (χ3v) is 5.45. The Hall–Kier alpha value is -0.660. The van der Waals surface area contributed by atoms with E-state index in [0.717, 1.165) is 25.7 Å². The van der Waals surface area contributed by atoms with Crippen molar-refractivity contribution in [3.63, 3.8) is 0 Å². The number of hydrogen-bond donors (Lipinski definition) is 2. The first kappa shape index (κ1) is 21.3. The topological polar surface area (TPSA) is 86.7 Å². The summed E-state index contributed by atoms with van der Waals surface area (Å²) in [5.74, 6) is -0.283. The predicted molar refractivity (Wildman–Crippen MR) is 88.1 cm³/mol. The Kier molecular flexibility index (Phi) is 11.5. The third kappa shape index (κ3) is 10.1. The number of carbonyl (C=O) groups is 1. The Bertz CT molecular complexity index is 396. The quantitative estimate of drug-likeness (QED) is 0.307. The number of rotatable bonds is 13. The first-order valence-electron chi connectivity index (χ1n) is 8.24. The second-order valence-corrected chi connectivity index (χ2v) is 8.22. The third-order valence-electron chi connectivity index (χ3n) is 3.55. The minimum Gasteiger partial charge on any atom is -0.289 e. The Balaban J connectivity index is 4.42. The van der Waals surface area contributed by atoms with Crippen molar-refractivity contribution in [3.8, 4) is 0 Å². The average Bonchev–Trinajstić information content (AvgIpc) is 2.46. The highest BCUT2D eigenvalue weighted by Gasteiger charge is 2.24. The minimum atomic E-state index is -3.45. The molecule has 0 saturated heterocycles. The molecule has 0 atom stereocenters. The Labute approximate surface area is 135 Å². The fourth-order valence-electron chi connectivity index (χ4n) is 2.11. The molecule has 7 heteroatoms. The first-order valence-corrected chi connectivity index (χ1v) is 9.85. The lowest BCUT2D eigenvalue weighted by Crippen LogP contribution is -2.41. The van der Waals surface area contributed by atoms with Gasteiger partial charge >= 0.3 is 0 Å². The number of nitrogens with one attached hydrogen (secondary N) is 1. The molecule has 0 bridgehead atoms. The summed E-state index contributed by atoms with van der Waals surface area (Å²) in [5.41, 5.74) is 1.50. The summed E-state index contributed by atoms with van der Waals surface area (Å²) in [5, 5.41) is 8.60. The van der Waals surface area contributed by atoms with Crippen molar-refractivity contribution in [2.75, 3.05) is 18.8 Å². The molecule has 0 aliphatic carbocycles. The molecule has 0 aliphatic heterocycles. The van der Waals surface area contributed by atoms with E-state index in [-0.39, 0.29) is 12.3 Å². The van der Waals surface area contributed by atoms with Gasteiger partial charge in [-0.25, -0.2) is 13.9 Å². The van der Waals surface area contributed by atoms with Crippen molar-refractivity contribution in [1.82, 2.24) is 9.79 Å². The number of hydroxylamine groups is 1. The van der Waals surface area contributed by atoms with Crippen molar-refractivity contribution in [3.05, 3.63) is 0 Å². The minimum absolute atomic E-state index is 0.0654. The number of unbranched alkanes of at least 4 members (excludes halogenated alkanes) is 5.